The van der Waals surface area contributed by atoms with Gasteiger partial charge in [-0.15, -0.1) is 0 Å². The molecule has 6 heteroatoms. The molecule has 0 aliphatic carbocycles. The Kier molecular flexibility index (Phi) is 3.31. The summed E-state index contributed by atoms with van der Waals surface area (Å²) in [6, 6.07) is 1.68. The van der Waals surface area contributed by atoms with E-state index in [0.717, 1.165) is 17.8 Å². The first kappa shape index (κ1) is 12.9. The van der Waals surface area contributed by atoms with E-state index in [1.807, 2.05) is 24.7 Å². The van der Waals surface area contributed by atoms with Crippen LogP contribution >= 0.6 is 0 Å². The van der Waals surface area contributed by atoms with Crippen LogP contribution in [0, 0.1) is 6.92 Å². The average Bonchev–Trinajstić information content (AvgIpc) is 3.10. The zero-order chi connectivity index (χ0) is 14.1. The van der Waals surface area contributed by atoms with E-state index in [2.05, 4.69) is 10.3 Å². The Morgan fingerprint density at radius 1 is 1.55 bits per heavy atom. The molecule has 20 heavy (non-hydrogen) atoms. The molecule has 0 spiro atoms. The Labute approximate surface area is 116 Å². The van der Waals surface area contributed by atoms with Crippen LogP contribution in [0.3, 0.4) is 0 Å². The Hall–Kier alpha value is -2.08. The van der Waals surface area contributed by atoms with Crippen molar-refractivity contribution in [2.45, 2.75) is 25.5 Å². The molecule has 1 aliphatic heterocycles. The van der Waals surface area contributed by atoms with Crippen molar-refractivity contribution in [3.8, 4) is 0 Å². The molecule has 2 aromatic heterocycles. The number of hydrogen-bond acceptors (Lipinski definition) is 4. The molecule has 1 amide bonds. The molecule has 0 unspecified atom stereocenters. The molecule has 1 N–H and O–H groups in total. The van der Waals surface area contributed by atoms with Gasteiger partial charge in [0.15, 0.2) is 5.76 Å². The standard InChI is InChI=1S/C14H17N3O3/c1-9-3-7-19-11(9)14(18)16-10-4-8-20-12(10)13-15-5-6-17(13)2/h3,5-7,10,12H,4,8H2,1-2H3,(H,16,18)/t10-,12-/m0/s1. The van der Waals surface area contributed by atoms with Gasteiger partial charge in [0.25, 0.3) is 5.91 Å². The SMILES string of the molecule is Cc1ccoc1C(=O)N[C@H]1CCO[C@@H]1c1nccn1C. The van der Waals surface area contributed by atoms with Gasteiger partial charge in [0, 0.05) is 31.6 Å². The van der Waals surface area contributed by atoms with E-state index in [9.17, 15) is 4.79 Å². The highest BCUT2D eigenvalue weighted by atomic mass is 16.5. The molecule has 0 bridgehead atoms. The number of aromatic nitrogens is 2. The molecule has 1 aliphatic rings. The number of nitrogens with one attached hydrogen (secondary N) is 1. The molecule has 3 heterocycles. The van der Waals surface area contributed by atoms with Crippen molar-refractivity contribution >= 4 is 5.91 Å². The molecular weight excluding hydrogens is 258 g/mol. The van der Waals surface area contributed by atoms with Crippen LogP contribution in [0.15, 0.2) is 29.1 Å². The first-order chi connectivity index (χ1) is 9.66. The Bertz CT molecular complexity index is 617. The van der Waals surface area contributed by atoms with Gasteiger partial charge in [0.2, 0.25) is 0 Å². The van der Waals surface area contributed by atoms with Crippen molar-refractivity contribution in [2.75, 3.05) is 6.61 Å². The third-order valence-corrected chi connectivity index (χ3v) is 3.59. The van der Waals surface area contributed by atoms with Crippen molar-refractivity contribution in [1.29, 1.82) is 0 Å². The summed E-state index contributed by atoms with van der Waals surface area (Å²) < 4.78 is 12.8. The molecule has 2 atom stereocenters. The molecule has 1 fully saturated rings. The van der Waals surface area contributed by atoms with Crippen molar-refractivity contribution in [2.24, 2.45) is 7.05 Å². The number of carbonyl (C=O) groups is 1. The summed E-state index contributed by atoms with van der Waals surface area (Å²) in [4.78, 5) is 16.5. The predicted molar refractivity (Wildman–Crippen MR) is 71.2 cm³/mol. The van der Waals surface area contributed by atoms with E-state index in [4.69, 9.17) is 9.15 Å². The van der Waals surface area contributed by atoms with Gasteiger partial charge in [-0.1, -0.05) is 0 Å². The van der Waals surface area contributed by atoms with Crippen LogP contribution in [0.4, 0.5) is 0 Å². The molecular formula is C14H17N3O3. The molecule has 2 aromatic rings. The topological polar surface area (TPSA) is 69.3 Å². The lowest BCUT2D eigenvalue weighted by Crippen LogP contribution is -2.37. The number of amides is 1. The smallest absolute Gasteiger partial charge is 0.287 e. The number of ether oxygens (including phenoxy) is 1. The van der Waals surface area contributed by atoms with Gasteiger partial charge in [-0.2, -0.15) is 0 Å². The first-order valence-electron chi connectivity index (χ1n) is 6.60. The molecule has 0 aromatic carbocycles. The highest BCUT2D eigenvalue weighted by molar-refractivity contribution is 5.93. The average molecular weight is 275 g/mol. The minimum Gasteiger partial charge on any atom is -0.459 e. The van der Waals surface area contributed by atoms with Crippen LogP contribution in [-0.2, 0) is 11.8 Å². The first-order valence-corrected chi connectivity index (χ1v) is 6.60. The van der Waals surface area contributed by atoms with Crippen LogP contribution in [0.1, 0.15) is 34.5 Å². The minimum absolute atomic E-state index is 0.0897. The van der Waals surface area contributed by atoms with Crippen LogP contribution in [-0.4, -0.2) is 28.1 Å². The number of furan rings is 1. The highest BCUT2D eigenvalue weighted by Crippen LogP contribution is 2.28. The fraction of sp³-hybridized carbons (Fsp3) is 0.429. The van der Waals surface area contributed by atoms with E-state index >= 15 is 0 Å². The lowest BCUT2D eigenvalue weighted by Gasteiger charge is -2.19. The van der Waals surface area contributed by atoms with Crippen LogP contribution in [0.25, 0.3) is 0 Å². The molecule has 1 saturated heterocycles. The summed E-state index contributed by atoms with van der Waals surface area (Å²) >= 11 is 0. The van der Waals surface area contributed by atoms with E-state index < -0.39 is 0 Å². The zero-order valence-electron chi connectivity index (χ0n) is 11.5. The molecule has 0 radical (unpaired) electrons. The monoisotopic (exact) mass is 275 g/mol. The Morgan fingerprint density at radius 3 is 3.05 bits per heavy atom. The van der Waals surface area contributed by atoms with E-state index in [1.165, 1.54) is 6.26 Å². The van der Waals surface area contributed by atoms with E-state index in [-0.39, 0.29) is 18.1 Å². The third kappa shape index (κ3) is 2.22. The van der Waals surface area contributed by atoms with Gasteiger partial charge in [-0.3, -0.25) is 4.79 Å². The largest absolute Gasteiger partial charge is 0.459 e. The maximum Gasteiger partial charge on any atom is 0.287 e. The second-order valence-electron chi connectivity index (χ2n) is 4.99. The molecule has 0 saturated carbocycles. The lowest BCUT2D eigenvalue weighted by atomic mass is 10.1. The Balaban J connectivity index is 1.75. The summed E-state index contributed by atoms with van der Waals surface area (Å²) in [6.45, 7) is 2.46. The van der Waals surface area contributed by atoms with Crippen molar-refractivity contribution in [3.63, 3.8) is 0 Å². The minimum atomic E-state index is -0.214. The summed E-state index contributed by atoms with van der Waals surface area (Å²) in [5.41, 5.74) is 0.829. The number of nitrogens with zero attached hydrogens (tertiary/aromatic N) is 2. The summed E-state index contributed by atoms with van der Waals surface area (Å²) in [5, 5.41) is 2.98. The van der Waals surface area contributed by atoms with Crippen LogP contribution in [0.5, 0.6) is 0 Å². The number of imidazole rings is 1. The van der Waals surface area contributed by atoms with Gasteiger partial charge in [-0.05, 0) is 19.4 Å². The fourth-order valence-electron chi connectivity index (χ4n) is 2.48. The third-order valence-electron chi connectivity index (χ3n) is 3.59. The van der Waals surface area contributed by atoms with Gasteiger partial charge < -0.3 is 19.0 Å². The lowest BCUT2D eigenvalue weighted by molar-refractivity contribution is 0.0762. The van der Waals surface area contributed by atoms with E-state index in [0.29, 0.717) is 12.4 Å². The molecule has 106 valence electrons. The quantitative estimate of drug-likeness (QED) is 0.923. The van der Waals surface area contributed by atoms with Gasteiger partial charge in [0.1, 0.15) is 11.9 Å². The van der Waals surface area contributed by atoms with Crippen molar-refractivity contribution < 1.29 is 13.9 Å². The summed E-state index contributed by atoms with van der Waals surface area (Å²) in [6.07, 6.45) is 5.67. The fourth-order valence-corrected chi connectivity index (χ4v) is 2.48. The van der Waals surface area contributed by atoms with Gasteiger partial charge in [-0.25, -0.2) is 4.98 Å². The summed E-state index contributed by atoms with van der Waals surface area (Å²) in [7, 11) is 1.92. The summed E-state index contributed by atoms with van der Waals surface area (Å²) in [5.74, 6) is 0.974. The zero-order valence-corrected chi connectivity index (χ0v) is 11.5. The van der Waals surface area contributed by atoms with Gasteiger partial charge >= 0.3 is 0 Å². The number of rotatable bonds is 3. The maximum absolute atomic E-state index is 12.2. The highest BCUT2D eigenvalue weighted by Gasteiger charge is 2.34. The van der Waals surface area contributed by atoms with Crippen LogP contribution in [0.2, 0.25) is 0 Å². The number of aryl methyl sites for hydroxylation is 2. The van der Waals surface area contributed by atoms with Gasteiger partial charge in [0.05, 0.1) is 12.3 Å². The number of hydrogen-bond donors (Lipinski definition) is 1. The maximum atomic E-state index is 12.2. The molecule has 3 rings (SSSR count). The van der Waals surface area contributed by atoms with Crippen LogP contribution < -0.4 is 5.32 Å². The van der Waals surface area contributed by atoms with Crippen molar-refractivity contribution in [3.05, 3.63) is 41.9 Å². The van der Waals surface area contributed by atoms with E-state index in [1.54, 1.807) is 12.3 Å². The molecule has 6 nitrogen and oxygen atoms in total. The Morgan fingerprint density at radius 2 is 2.40 bits per heavy atom. The second-order valence-corrected chi connectivity index (χ2v) is 4.99. The predicted octanol–water partition coefficient (Wildman–Crippen LogP) is 1.58. The second kappa shape index (κ2) is 5.13. The number of carbonyl (C=O) groups excluding carboxylic acids is 1. The normalized spacial score (nSPS) is 22.1. The van der Waals surface area contributed by atoms with Crippen molar-refractivity contribution in [1.82, 2.24) is 14.9 Å².